The van der Waals surface area contributed by atoms with Crippen LogP contribution in [-0.2, 0) is 4.43 Å². The van der Waals surface area contributed by atoms with E-state index < -0.39 is 9.04 Å². The van der Waals surface area contributed by atoms with Crippen LogP contribution in [-0.4, -0.2) is 38.4 Å². The second-order valence-electron chi connectivity index (χ2n) is 10.1. The molecule has 0 spiro atoms. The summed E-state index contributed by atoms with van der Waals surface area (Å²) in [5.74, 6) is 0.317. The van der Waals surface area contributed by atoms with Gasteiger partial charge in [0.1, 0.15) is 12.5 Å². The normalized spacial score (nSPS) is 18.5. The lowest BCUT2D eigenvalue weighted by Gasteiger charge is -2.49. The Balaban J connectivity index is 2.89. The first kappa shape index (κ1) is 24.8. The molecule has 0 amide bonds. The van der Waals surface area contributed by atoms with Gasteiger partial charge in [-0.1, -0.05) is 60.6 Å². The Morgan fingerprint density at radius 3 is 2.07 bits per heavy atom. The SMILES string of the molecule is CC(C)C1=C(CO)C(c2ccc(F)cc2)=C(C(C)(C)C)C(C(C)C)N1CO[Si](C)C. The molecular weight excluding hydrogens is 393 g/mol. The van der Waals surface area contributed by atoms with Gasteiger partial charge in [0.15, 0.2) is 0 Å². The minimum absolute atomic E-state index is 0.0584. The maximum absolute atomic E-state index is 13.7. The number of hydrogen-bond acceptors (Lipinski definition) is 3. The van der Waals surface area contributed by atoms with Crippen LogP contribution < -0.4 is 0 Å². The highest BCUT2D eigenvalue weighted by Crippen LogP contribution is 2.48. The molecule has 0 saturated heterocycles. The molecule has 0 saturated carbocycles. The number of halogens is 1. The molecule has 2 rings (SSSR count). The van der Waals surface area contributed by atoms with Gasteiger partial charge in [-0.05, 0) is 59.2 Å². The Hall–Kier alpha value is -1.43. The Kier molecular flexibility index (Phi) is 8.11. The lowest BCUT2D eigenvalue weighted by molar-refractivity contribution is 0.0881. The van der Waals surface area contributed by atoms with E-state index in [-0.39, 0.29) is 29.8 Å². The summed E-state index contributed by atoms with van der Waals surface area (Å²) in [5, 5.41) is 10.6. The molecule has 1 aliphatic heterocycles. The van der Waals surface area contributed by atoms with Crippen LogP contribution in [0.25, 0.3) is 5.57 Å². The topological polar surface area (TPSA) is 32.7 Å². The minimum Gasteiger partial charge on any atom is -0.400 e. The van der Waals surface area contributed by atoms with Crippen molar-refractivity contribution in [2.75, 3.05) is 13.3 Å². The van der Waals surface area contributed by atoms with Crippen molar-refractivity contribution in [3.8, 4) is 0 Å². The van der Waals surface area contributed by atoms with E-state index in [1.165, 1.54) is 17.7 Å². The van der Waals surface area contributed by atoms with Gasteiger partial charge in [-0.15, -0.1) is 0 Å². The first-order valence-electron chi connectivity index (χ1n) is 10.9. The highest BCUT2D eigenvalue weighted by atomic mass is 28.3. The fourth-order valence-corrected chi connectivity index (χ4v) is 4.96. The van der Waals surface area contributed by atoms with Gasteiger partial charge < -0.3 is 14.4 Å². The van der Waals surface area contributed by atoms with Gasteiger partial charge in [0.25, 0.3) is 0 Å². The van der Waals surface area contributed by atoms with Crippen molar-refractivity contribution in [2.45, 2.75) is 67.6 Å². The van der Waals surface area contributed by atoms with Gasteiger partial charge in [-0.2, -0.15) is 0 Å². The lowest BCUT2D eigenvalue weighted by Crippen LogP contribution is -2.49. The van der Waals surface area contributed by atoms with Crippen molar-refractivity contribution in [3.05, 3.63) is 52.5 Å². The maximum Gasteiger partial charge on any atom is 0.207 e. The summed E-state index contributed by atoms with van der Waals surface area (Å²) < 4.78 is 19.9. The van der Waals surface area contributed by atoms with E-state index in [9.17, 15) is 9.50 Å². The van der Waals surface area contributed by atoms with Crippen LogP contribution in [0, 0.1) is 23.1 Å². The van der Waals surface area contributed by atoms with Crippen LogP contribution in [0.1, 0.15) is 54.0 Å². The summed E-state index contributed by atoms with van der Waals surface area (Å²) in [7, 11) is -0.861. The summed E-state index contributed by atoms with van der Waals surface area (Å²) in [6, 6.07) is 6.84. The second-order valence-corrected chi connectivity index (χ2v) is 12.2. The number of rotatable bonds is 7. The molecule has 0 aliphatic carbocycles. The fourth-order valence-electron chi connectivity index (χ4n) is 4.56. The smallest absolute Gasteiger partial charge is 0.207 e. The van der Waals surface area contributed by atoms with E-state index in [4.69, 9.17) is 4.43 Å². The van der Waals surface area contributed by atoms with E-state index in [1.54, 1.807) is 0 Å². The maximum atomic E-state index is 13.7. The lowest BCUT2D eigenvalue weighted by atomic mass is 9.69. The third kappa shape index (κ3) is 5.24. The van der Waals surface area contributed by atoms with E-state index in [2.05, 4.69) is 66.5 Å². The average molecular weight is 433 g/mol. The number of aliphatic hydroxyl groups excluding tert-OH is 1. The van der Waals surface area contributed by atoms with Crippen LogP contribution in [0.15, 0.2) is 41.1 Å². The molecule has 0 fully saturated rings. The molecular formula is C25H39FNO2Si. The summed E-state index contributed by atoms with van der Waals surface area (Å²) in [5.41, 5.74) is 5.25. The zero-order valence-electron chi connectivity index (χ0n) is 20.1. The Labute approximate surface area is 184 Å². The van der Waals surface area contributed by atoms with Crippen molar-refractivity contribution in [1.82, 2.24) is 4.90 Å². The predicted molar refractivity (Wildman–Crippen MR) is 126 cm³/mol. The Morgan fingerprint density at radius 1 is 1.10 bits per heavy atom. The molecule has 0 aromatic heterocycles. The number of nitrogens with zero attached hydrogens (tertiary/aromatic N) is 1. The number of hydrogen-bond donors (Lipinski definition) is 1. The summed E-state index contributed by atoms with van der Waals surface area (Å²) >= 11 is 0. The van der Waals surface area contributed by atoms with Crippen LogP contribution in [0.4, 0.5) is 4.39 Å². The van der Waals surface area contributed by atoms with Crippen molar-refractivity contribution in [1.29, 1.82) is 0 Å². The van der Waals surface area contributed by atoms with Crippen molar-refractivity contribution >= 4 is 14.6 Å². The fraction of sp³-hybridized carbons (Fsp3) is 0.600. The largest absolute Gasteiger partial charge is 0.400 e. The molecule has 1 atom stereocenters. The first-order chi connectivity index (χ1) is 13.9. The Bertz CT molecular complexity index is 788. The van der Waals surface area contributed by atoms with E-state index in [0.29, 0.717) is 12.6 Å². The molecule has 1 aromatic carbocycles. The van der Waals surface area contributed by atoms with Gasteiger partial charge in [-0.3, -0.25) is 0 Å². The third-order valence-corrected chi connectivity index (χ3v) is 6.30. The van der Waals surface area contributed by atoms with Gasteiger partial charge in [0, 0.05) is 11.3 Å². The van der Waals surface area contributed by atoms with E-state index in [0.717, 1.165) is 22.4 Å². The number of aliphatic hydroxyl groups is 1. The highest BCUT2D eigenvalue weighted by molar-refractivity contribution is 6.48. The monoisotopic (exact) mass is 432 g/mol. The first-order valence-corrected chi connectivity index (χ1v) is 13.3. The third-order valence-electron chi connectivity index (χ3n) is 5.59. The molecule has 167 valence electrons. The number of benzene rings is 1. The van der Waals surface area contributed by atoms with Crippen LogP contribution in [0.5, 0.6) is 0 Å². The summed E-state index contributed by atoms with van der Waals surface area (Å²) in [6.07, 6.45) is 0. The zero-order valence-corrected chi connectivity index (χ0v) is 21.1. The predicted octanol–water partition coefficient (Wildman–Crippen LogP) is 6.09. The summed E-state index contributed by atoms with van der Waals surface area (Å²) in [6.45, 7) is 20.3. The second kappa shape index (κ2) is 9.80. The molecule has 3 nitrogen and oxygen atoms in total. The summed E-state index contributed by atoms with van der Waals surface area (Å²) in [4.78, 5) is 2.38. The molecule has 1 unspecified atom stereocenters. The van der Waals surface area contributed by atoms with Crippen molar-refractivity contribution < 1.29 is 13.9 Å². The van der Waals surface area contributed by atoms with Gasteiger partial charge in [-0.25, -0.2) is 4.39 Å². The molecule has 1 aromatic rings. The standard InChI is InChI=1S/C25H39FNO2Si/c1-16(2)23-20(14-28)21(18-10-12-19(26)13-11-18)22(25(5,6)7)24(17(3)4)27(23)15-29-30(8)9/h10-13,16-17,24,28H,14-15H2,1-9H3. The zero-order chi connectivity index (χ0) is 22.8. The average Bonchev–Trinajstić information content (AvgIpc) is 2.63. The van der Waals surface area contributed by atoms with Crippen LogP contribution in [0.2, 0.25) is 13.1 Å². The molecule has 1 radical (unpaired) electrons. The molecule has 1 aliphatic rings. The van der Waals surface area contributed by atoms with Gasteiger partial charge in [0.05, 0.1) is 12.6 Å². The van der Waals surface area contributed by atoms with Gasteiger partial charge in [0.2, 0.25) is 9.04 Å². The molecule has 0 bridgehead atoms. The quantitative estimate of drug-likeness (QED) is 0.529. The molecule has 30 heavy (non-hydrogen) atoms. The molecule has 1 N–H and O–H groups in total. The van der Waals surface area contributed by atoms with E-state index >= 15 is 0 Å². The van der Waals surface area contributed by atoms with Gasteiger partial charge >= 0.3 is 0 Å². The van der Waals surface area contributed by atoms with E-state index in [1.807, 2.05) is 12.1 Å². The molecule has 1 heterocycles. The van der Waals surface area contributed by atoms with Crippen molar-refractivity contribution in [3.63, 3.8) is 0 Å². The van der Waals surface area contributed by atoms with Crippen LogP contribution in [0.3, 0.4) is 0 Å². The highest BCUT2D eigenvalue weighted by Gasteiger charge is 2.41. The van der Waals surface area contributed by atoms with Crippen molar-refractivity contribution in [2.24, 2.45) is 17.3 Å². The molecule has 5 heteroatoms. The van der Waals surface area contributed by atoms with Crippen LogP contribution >= 0.6 is 0 Å². The number of allylic oxidation sites excluding steroid dienone is 1. The minimum atomic E-state index is -0.861. The Morgan fingerprint density at radius 2 is 1.67 bits per heavy atom.